The van der Waals surface area contributed by atoms with Crippen LogP contribution in [0.25, 0.3) is 0 Å². The zero-order chi connectivity index (χ0) is 16.5. The number of morpholine rings is 1. The molecule has 2 aliphatic heterocycles. The fourth-order valence-corrected chi connectivity index (χ4v) is 3.25. The highest BCUT2D eigenvalue weighted by Gasteiger charge is 2.28. The Morgan fingerprint density at radius 3 is 2.62 bits per heavy atom. The van der Waals surface area contributed by atoms with E-state index in [1.54, 1.807) is 0 Å². The first kappa shape index (κ1) is 15.1. The van der Waals surface area contributed by atoms with E-state index >= 15 is 0 Å². The second-order valence-electron chi connectivity index (χ2n) is 6.14. The van der Waals surface area contributed by atoms with Gasteiger partial charge in [0, 0.05) is 24.2 Å². The van der Waals surface area contributed by atoms with Crippen LogP contribution in [0.2, 0.25) is 0 Å². The summed E-state index contributed by atoms with van der Waals surface area (Å²) in [5, 5.41) is 12.3. The molecule has 2 aliphatic rings. The number of aliphatic imine (C=N–C) groups is 1. The maximum atomic E-state index is 5.46. The molecule has 1 unspecified atom stereocenters. The minimum Gasteiger partial charge on any atom is -0.378 e. The van der Waals surface area contributed by atoms with E-state index in [0.717, 1.165) is 60.5 Å². The molecule has 0 radical (unpaired) electrons. The third kappa shape index (κ3) is 2.63. The maximum Gasteiger partial charge on any atom is 0.158 e. The first-order valence-corrected chi connectivity index (χ1v) is 8.34. The molecule has 1 fully saturated rings. The molecule has 6 heteroatoms. The Morgan fingerprint density at radius 2 is 1.88 bits per heavy atom. The lowest BCUT2D eigenvalue weighted by molar-refractivity contribution is 0.122. The van der Waals surface area contributed by atoms with Gasteiger partial charge in [0.25, 0.3) is 0 Å². The van der Waals surface area contributed by atoms with E-state index in [9.17, 15) is 0 Å². The highest BCUT2D eigenvalue weighted by atomic mass is 16.5. The molecule has 124 valence electrons. The van der Waals surface area contributed by atoms with Crippen LogP contribution in [0.1, 0.15) is 29.8 Å². The predicted octanol–water partition coefficient (Wildman–Crippen LogP) is 2.55. The van der Waals surface area contributed by atoms with E-state index in [-0.39, 0.29) is 6.04 Å². The molecule has 1 saturated heterocycles. The summed E-state index contributed by atoms with van der Waals surface area (Å²) >= 11 is 0. The zero-order valence-corrected chi connectivity index (χ0v) is 14.0. The van der Waals surface area contributed by atoms with Gasteiger partial charge in [0.1, 0.15) is 5.84 Å². The highest BCUT2D eigenvalue weighted by Crippen LogP contribution is 2.38. The molecular formula is C18H21N5O. The van der Waals surface area contributed by atoms with E-state index < -0.39 is 0 Å². The van der Waals surface area contributed by atoms with Crippen molar-refractivity contribution in [3.05, 3.63) is 47.2 Å². The molecule has 3 heterocycles. The number of amidine groups is 1. The standard InChI is InChI=1S/C18H21N5O/c1-12-15-16(20-17(19-12)14-6-4-3-5-7-14)13(2)21-22-18(15)23-8-10-24-11-9-23/h3-7,12H,8-11H2,1-2H3,(H,19,20). The SMILES string of the molecule is Cc1nnc(N2CCOCC2)c2c1NC(c1ccccc1)=NC2C. The molecule has 4 rings (SSSR count). The van der Waals surface area contributed by atoms with E-state index in [1.165, 1.54) is 0 Å². The summed E-state index contributed by atoms with van der Waals surface area (Å²) in [7, 11) is 0. The van der Waals surface area contributed by atoms with Crippen LogP contribution in [-0.4, -0.2) is 42.3 Å². The van der Waals surface area contributed by atoms with Gasteiger partial charge in [-0.2, -0.15) is 5.10 Å². The molecule has 1 aromatic heterocycles. The Balaban J connectivity index is 1.75. The Bertz CT molecular complexity index is 768. The molecule has 0 aliphatic carbocycles. The molecule has 1 aromatic carbocycles. The third-order valence-electron chi connectivity index (χ3n) is 4.51. The van der Waals surface area contributed by atoms with Gasteiger partial charge in [0.15, 0.2) is 5.82 Å². The van der Waals surface area contributed by atoms with Crippen molar-refractivity contribution >= 4 is 17.3 Å². The minimum atomic E-state index is 0.0310. The Labute approximate surface area is 141 Å². The molecule has 1 atom stereocenters. The Kier molecular flexibility index (Phi) is 3.90. The van der Waals surface area contributed by atoms with Crippen molar-refractivity contribution < 1.29 is 4.74 Å². The topological polar surface area (TPSA) is 62.6 Å². The largest absolute Gasteiger partial charge is 0.378 e. The first-order valence-electron chi connectivity index (χ1n) is 8.34. The van der Waals surface area contributed by atoms with E-state index in [1.807, 2.05) is 25.1 Å². The fraction of sp³-hybridized carbons (Fsp3) is 0.389. The number of anilines is 2. The van der Waals surface area contributed by atoms with Gasteiger partial charge in [-0.05, 0) is 13.8 Å². The maximum absolute atomic E-state index is 5.46. The van der Waals surface area contributed by atoms with Gasteiger partial charge in [-0.25, -0.2) is 0 Å². The number of hydrogen-bond acceptors (Lipinski definition) is 6. The monoisotopic (exact) mass is 323 g/mol. The van der Waals surface area contributed by atoms with Crippen LogP contribution < -0.4 is 10.2 Å². The number of nitrogens with zero attached hydrogens (tertiary/aromatic N) is 4. The quantitative estimate of drug-likeness (QED) is 0.920. The van der Waals surface area contributed by atoms with Gasteiger partial charge in [0.2, 0.25) is 0 Å². The van der Waals surface area contributed by atoms with Crippen molar-refractivity contribution in [2.24, 2.45) is 4.99 Å². The van der Waals surface area contributed by atoms with Gasteiger partial charge >= 0.3 is 0 Å². The number of nitrogens with one attached hydrogen (secondary N) is 1. The van der Waals surface area contributed by atoms with Crippen molar-refractivity contribution in [2.75, 3.05) is 36.5 Å². The molecular weight excluding hydrogens is 302 g/mol. The van der Waals surface area contributed by atoms with Crippen LogP contribution in [0.3, 0.4) is 0 Å². The summed E-state index contributed by atoms with van der Waals surface area (Å²) in [5.74, 6) is 1.81. The molecule has 6 nitrogen and oxygen atoms in total. The number of rotatable bonds is 2. The van der Waals surface area contributed by atoms with Crippen LogP contribution in [0, 0.1) is 6.92 Å². The Hall–Kier alpha value is -2.47. The number of benzene rings is 1. The summed E-state index contributed by atoms with van der Waals surface area (Å²) in [6.45, 7) is 7.24. The van der Waals surface area contributed by atoms with Crippen molar-refractivity contribution in [2.45, 2.75) is 19.9 Å². The fourth-order valence-electron chi connectivity index (χ4n) is 3.25. The van der Waals surface area contributed by atoms with E-state index in [4.69, 9.17) is 9.73 Å². The van der Waals surface area contributed by atoms with Crippen molar-refractivity contribution in [3.8, 4) is 0 Å². The van der Waals surface area contributed by atoms with Gasteiger partial charge < -0.3 is 15.0 Å². The normalized spacial score (nSPS) is 20.2. The second kappa shape index (κ2) is 6.20. The summed E-state index contributed by atoms with van der Waals surface area (Å²) in [5.41, 5.74) is 4.15. The molecule has 1 N–H and O–H groups in total. The molecule has 0 bridgehead atoms. The first-order chi connectivity index (χ1) is 11.7. The number of ether oxygens (including phenoxy) is 1. The third-order valence-corrected chi connectivity index (χ3v) is 4.51. The molecule has 0 saturated carbocycles. The van der Waals surface area contributed by atoms with Gasteiger partial charge in [-0.15, -0.1) is 5.10 Å². The van der Waals surface area contributed by atoms with E-state index in [2.05, 4.69) is 39.5 Å². The number of aryl methyl sites for hydroxylation is 1. The Morgan fingerprint density at radius 1 is 1.12 bits per heavy atom. The summed E-state index contributed by atoms with van der Waals surface area (Å²) < 4.78 is 5.46. The molecule has 0 amide bonds. The van der Waals surface area contributed by atoms with Crippen molar-refractivity contribution in [1.29, 1.82) is 0 Å². The van der Waals surface area contributed by atoms with Crippen molar-refractivity contribution in [1.82, 2.24) is 10.2 Å². The lowest BCUT2D eigenvalue weighted by atomic mass is 10.0. The minimum absolute atomic E-state index is 0.0310. The smallest absolute Gasteiger partial charge is 0.158 e. The van der Waals surface area contributed by atoms with Crippen LogP contribution in [0.4, 0.5) is 11.5 Å². The van der Waals surface area contributed by atoms with Gasteiger partial charge in [-0.3, -0.25) is 4.99 Å². The molecule has 0 spiro atoms. The summed E-state index contributed by atoms with van der Waals surface area (Å²) in [6, 6.07) is 10.2. The molecule has 2 aromatic rings. The van der Waals surface area contributed by atoms with Crippen LogP contribution in [0.15, 0.2) is 35.3 Å². The summed E-state index contributed by atoms with van der Waals surface area (Å²) in [4.78, 5) is 7.12. The zero-order valence-electron chi connectivity index (χ0n) is 14.0. The number of aromatic nitrogens is 2. The lowest BCUT2D eigenvalue weighted by Gasteiger charge is -2.33. The lowest BCUT2D eigenvalue weighted by Crippen LogP contribution is -2.38. The second-order valence-corrected chi connectivity index (χ2v) is 6.14. The number of fused-ring (bicyclic) bond motifs is 1. The highest BCUT2D eigenvalue weighted by molar-refractivity contribution is 6.10. The average molecular weight is 323 g/mol. The van der Waals surface area contributed by atoms with Crippen molar-refractivity contribution in [3.63, 3.8) is 0 Å². The summed E-state index contributed by atoms with van der Waals surface area (Å²) in [6.07, 6.45) is 0. The average Bonchev–Trinajstić information content (AvgIpc) is 2.64. The van der Waals surface area contributed by atoms with Crippen LogP contribution in [-0.2, 0) is 4.74 Å². The predicted molar refractivity (Wildman–Crippen MR) is 94.8 cm³/mol. The van der Waals surface area contributed by atoms with Gasteiger partial charge in [0.05, 0.1) is 30.6 Å². The number of hydrogen-bond donors (Lipinski definition) is 1. The van der Waals surface area contributed by atoms with Crippen LogP contribution in [0.5, 0.6) is 0 Å². The van der Waals surface area contributed by atoms with E-state index in [0.29, 0.717) is 0 Å². The van der Waals surface area contributed by atoms with Gasteiger partial charge in [-0.1, -0.05) is 30.3 Å². The van der Waals surface area contributed by atoms with Crippen LogP contribution >= 0.6 is 0 Å². The molecule has 24 heavy (non-hydrogen) atoms.